The number of ether oxygens (including phenoxy) is 1. The third-order valence-electron chi connectivity index (χ3n) is 5.09. The SMILES string of the molecule is CCc1ccccc1NC(=O)CN(C)C(=O)Nc1cccc(S(=O)(=O)N2CCOCC2)c1. The van der Waals surface area contributed by atoms with Gasteiger partial charge in [-0.05, 0) is 36.2 Å². The summed E-state index contributed by atoms with van der Waals surface area (Å²) < 4.78 is 32.2. The van der Waals surface area contributed by atoms with Crippen molar-refractivity contribution in [3.63, 3.8) is 0 Å². The van der Waals surface area contributed by atoms with Crippen molar-refractivity contribution in [1.29, 1.82) is 0 Å². The van der Waals surface area contributed by atoms with Gasteiger partial charge in [0.2, 0.25) is 15.9 Å². The maximum absolute atomic E-state index is 12.8. The number of likely N-dealkylation sites (N-methyl/N-ethyl adjacent to an activating group) is 1. The second kappa shape index (κ2) is 10.6. The van der Waals surface area contributed by atoms with E-state index in [0.29, 0.717) is 18.9 Å². The first-order chi connectivity index (χ1) is 15.3. The molecule has 3 amide bonds. The molecule has 1 aliphatic rings. The fourth-order valence-corrected chi connectivity index (χ4v) is 4.77. The molecule has 1 heterocycles. The molecule has 2 aromatic carbocycles. The van der Waals surface area contributed by atoms with Crippen molar-refractivity contribution in [3.8, 4) is 0 Å². The van der Waals surface area contributed by atoms with Gasteiger partial charge in [-0.25, -0.2) is 13.2 Å². The number of morpholine rings is 1. The minimum atomic E-state index is -3.68. The Kier molecular flexibility index (Phi) is 7.84. The van der Waals surface area contributed by atoms with Crippen molar-refractivity contribution in [2.24, 2.45) is 0 Å². The van der Waals surface area contributed by atoms with Crippen LogP contribution in [0.15, 0.2) is 53.4 Å². The molecule has 172 valence electrons. The Bertz CT molecular complexity index is 1070. The molecule has 9 nitrogen and oxygen atoms in total. The number of urea groups is 1. The van der Waals surface area contributed by atoms with Gasteiger partial charge in [0.15, 0.2) is 0 Å². The molecule has 32 heavy (non-hydrogen) atoms. The molecule has 10 heteroatoms. The highest BCUT2D eigenvalue weighted by molar-refractivity contribution is 7.89. The second-order valence-electron chi connectivity index (χ2n) is 7.39. The van der Waals surface area contributed by atoms with E-state index in [9.17, 15) is 18.0 Å². The fraction of sp³-hybridized carbons (Fsp3) is 0.364. The van der Waals surface area contributed by atoms with Crippen LogP contribution >= 0.6 is 0 Å². The van der Waals surface area contributed by atoms with E-state index in [1.807, 2.05) is 31.2 Å². The zero-order valence-corrected chi connectivity index (χ0v) is 19.0. The van der Waals surface area contributed by atoms with Gasteiger partial charge < -0.3 is 20.3 Å². The molecule has 2 N–H and O–H groups in total. The van der Waals surface area contributed by atoms with Gasteiger partial charge in [0.1, 0.15) is 6.54 Å². The lowest BCUT2D eigenvalue weighted by atomic mass is 10.1. The number of hydrogen-bond acceptors (Lipinski definition) is 5. The lowest BCUT2D eigenvalue weighted by Crippen LogP contribution is -2.40. The van der Waals surface area contributed by atoms with Crippen LogP contribution in [0.25, 0.3) is 0 Å². The summed E-state index contributed by atoms with van der Waals surface area (Å²) in [6.45, 7) is 3.12. The Balaban J connectivity index is 1.61. The average Bonchev–Trinajstić information content (AvgIpc) is 2.80. The van der Waals surface area contributed by atoms with E-state index in [1.54, 1.807) is 12.1 Å². The zero-order chi connectivity index (χ0) is 23.1. The highest BCUT2D eigenvalue weighted by atomic mass is 32.2. The monoisotopic (exact) mass is 460 g/mol. The van der Waals surface area contributed by atoms with Crippen molar-refractivity contribution >= 4 is 33.3 Å². The normalized spacial score (nSPS) is 14.6. The van der Waals surface area contributed by atoms with E-state index in [-0.39, 0.29) is 30.4 Å². The summed E-state index contributed by atoms with van der Waals surface area (Å²) in [7, 11) is -2.18. The standard InChI is InChI=1S/C22H28N4O5S/c1-3-17-7-4-5-10-20(17)24-21(27)16-25(2)22(28)23-18-8-6-9-19(15-18)32(29,30)26-11-13-31-14-12-26/h4-10,15H,3,11-14,16H2,1-2H3,(H,23,28)(H,24,27). The number of anilines is 2. The lowest BCUT2D eigenvalue weighted by molar-refractivity contribution is -0.116. The van der Waals surface area contributed by atoms with Gasteiger partial charge in [0, 0.05) is 31.5 Å². The number of benzene rings is 2. The van der Waals surface area contributed by atoms with Gasteiger partial charge in [-0.1, -0.05) is 31.2 Å². The molecular weight excluding hydrogens is 432 g/mol. The smallest absolute Gasteiger partial charge is 0.322 e. The van der Waals surface area contributed by atoms with Gasteiger partial charge >= 0.3 is 6.03 Å². The van der Waals surface area contributed by atoms with E-state index >= 15 is 0 Å². The molecule has 0 saturated carbocycles. The summed E-state index contributed by atoms with van der Waals surface area (Å²) in [5.74, 6) is -0.327. The first-order valence-corrected chi connectivity index (χ1v) is 11.8. The van der Waals surface area contributed by atoms with Crippen molar-refractivity contribution in [2.75, 3.05) is 50.5 Å². The molecule has 1 fully saturated rings. The summed E-state index contributed by atoms with van der Waals surface area (Å²) in [5, 5.41) is 5.47. The average molecular weight is 461 g/mol. The Morgan fingerprint density at radius 2 is 1.78 bits per heavy atom. The topological polar surface area (TPSA) is 108 Å². The Morgan fingerprint density at radius 3 is 2.50 bits per heavy atom. The van der Waals surface area contributed by atoms with Crippen LogP contribution in [0.2, 0.25) is 0 Å². The van der Waals surface area contributed by atoms with Crippen molar-refractivity contribution in [2.45, 2.75) is 18.2 Å². The Labute approximate surface area is 188 Å². The maximum Gasteiger partial charge on any atom is 0.322 e. The van der Waals surface area contributed by atoms with Gasteiger partial charge in [-0.3, -0.25) is 4.79 Å². The summed E-state index contributed by atoms with van der Waals surface area (Å²) in [6.07, 6.45) is 0.774. The number of carbonyl (C=O) groups is 2. The number of sulfonamides is 1. The molecule has 0 bridgehead atoms. The van der Waals surface area contributed by atoms with Crippen molar-refractivity contribution in [3.05, 3.63) is 54.1 Å². The van der Waals surface area contributed by atoms with Gasteiger partial charge in [-0.15, -0.1) is 0 Å². The van der Waals surface area contributed by atoms with Crippen LogP contribution in [0.3, 0.4) is 0 Å². The number of nitrogens with zero attached hydrogens (tertiary/aromatic N) is 2. The molecule has 0 aromatic heterocycles. The number of amides is 3. The number of aryl methyl sites for hydroxylation is 1. The molecule has 0 atom stereocenters. The van der Waals surface area contributed by atoms with Crippen LogP contribution in [-0.4, -0.2) is 69.5 Å². The van der Waals surface area contributed by atoms with Crippen LogP contribution in [-0.2, 0) is 26.0 Å². The largest absolute Gasteiger partial charge is 0.379 e. The molecule has 2 aromatic rings. The molecule has 0 unspecified atom stereocenters. The molecular formula is C22H28N4O5S. The molecule has 1 saturated heterocycles. The highest BCUT2D eigenvalue weighted by Gasteiger charge is 2.26. The summed E-state index contributed by atoms with van der Waals surface area (Å²) in [4.78, 5) is 26.2. The second-order valence-corrected chi connectivity index (χ2v) is 9.33. The molecule has 0 spiro atoms. The Morgan fingerprint density at radius 1 is 1.06 bits per heavy atom. The summed E-state index contributed by atoms with van der Waals surface area (Å²) >= 11 is 0. The van der Waals surface area contributed by atoms with Crippen LogP contribution in [0, 0.1) is 0 Å². The van der Waals surface area contributed by atoms with E-state index < -0.39 is 16.1 Å². The van der Waals surface area contributed by atoms with Crippen LogP contribution in [0.1, 0.15) is 12.5 Å². The maximum atomic E-state index is 12.8. The number of para-hydroxylation sites is 1. The molecule has 1 aliphatic heterocycles. The van der Waals surface area contributed by atoms with E-state index in [2.05, 4.69) is 10.6 Å². The van der Waals surface area contributed by atoms with Crippen LogP contribution < -0.4 is 10.6 Å². The van der Waals surface area contributed by atoms with E-state index in [4.69, 9.17) is 4.74 Å². The molecule has 0 aliphatic carbocycles. The number of hydrogen-bond donors (Lipinski definition) is 2. The Hall–Kier alpha value is -2.95. The third-order valence-corrected chi connectivity index (χ3v) is 6.99. The number of carbonyl (C=O) groups excluding carboxylic acids is 2. The van der Waals surface area contributed by atoms with E-state index in [1.165, 1.54) is 28.4 Å². The number of nitrogens with one attached hydrogen (secondary N) is 2. The van der Waals surface area contributed by atoms with Crippen molar-refractivity contribution in [1.82, 2.24) is 9.21 Å². The minimum Gasteiger partial charge on any atom is -0.379 e. The first-order valence-electron chi connectivity index (χ1n) is 10.4. The zero-order valence-electron chi connectivity index (χ0n) is 18.2. The fourth-order valence-electron chi connectivity index (χ4n) is 3.32. The van der Waals surface area contributed by atoms with E-state index in [0.717, 1.165) is 17.7 Å². The quantitative estimate of drug-likeness (QED) is 0.660. The van der Waals surface area contributed by atoms with Crippen molar-refractivity contribution < 1.29 is 22.7 Å². The van der Waals surface area contributed by atoms with Gasteiger partial charge in [0.05, 0.1) is 18.1 Å². The third kappa shape index (κ3) is 5.84. The summed E-state index contributed by atoms with van der Waals surface area (Å²) in [5.41, 5.74) is 2.05. The molecule has 0 radical (unpaired) electrons. The summed E-state index contributed by atoms with van der Waals surface area (Å²) in [6, 6.07) is 13.0. The predicted octanol–water partition coefficient (Wildman–Crippen LogP) is 2.37. The minimum absolute atomic E-state index is 0.0915. The molecule has 3 rings (SSSR count). The van der Waals surface area contributed by atoms with Crippen LogP contribution in [0.4, 0.5) is 16.2 Å². The van der Waals surface area contributed by atoms with Gasteiger partial charge in [-0.2, -0.15) is 4.31 Å². The first kappa shape index (κ1) is 23.7. The van der Waals surface area contributed by atoms with Gasteiger partial charge in [0.25, 0.3) is 0 Å². The predicted molar refractivity (Wildman–Crippen MR) is 122 cm³/mol. The lowest BCUT2D eigenvalue weighted by Gasteiger charge is -2.26. The van der Waals surface area contributed by atoms with Crippen LogP contribution in [0.5, 0.6) is 0 Å². The highest BCUT2D eigenvalue weighted by Crippen LogP contribution is 2.21. The number of rotatable bonds is 7.